The number of aromatic nitrogens is 1. The van der Waals surface area contributed by atoms with E-state index < -0.39 is 5.41 Å². The van der Waals surface area contributed by atoms with Gasteiger partial charge in [0.1, 0.15) is 19.0 Å². The van der Waals surface area contributed by atoms with Crippen molar-refractivity contribution in [2.75, 3.05) is 23.8 Å². The number of nitrogens with zero attached hydrogens (tertiary/aromatic N) is 1. The summed E-state index contributed by atoms with van der Waals surface area (Å²) in [6.07, 6.45) is 1.68. The van der Waals surface area contributed by atoms with Gasteiger partial charge in [-0.3, -0.25) is 4.79 Å². The Hall–Kier alpha value is -2.76. The van der Waals surface area contributed by atoms with E-state index in [1.165, 1.54) is 0 Å². The molecule has 0 saturated carbocycles. The fourth-order valence-corrected chi connectivity index (χ4v) is 2.13. The Kier molecular flexibility index (Phi) is 4.29. The zero-order valence-corrected chi connectivity index (χ0v) is 14.1. The van der Waals surface area contributed by atoms with Gasteiger partial charge in [-0.1, -0.05) is 20.8 Å². The van der Waals surface area contributed by atoms with Crippen LogP contribution >= 0.6 is 0 Å². The van der Waals surface area contributed by atoms with Crippen molar-refractivity contribution in [1.29, 1.82) is 0 Å². The number of ether oxygens (including phenoxy) is 2. The maximum atomic E-state index is 12.0. The lowest BCUT2D eigenvalue weighted by atomic mass is 9.96. The second-order valence-corrected chi connectivity index (χ2v) is 6.62. The number of amides is 1. The fourth-order valence-electron chi connectivity index (χ4n) is 2.13. The van der Waals surface area contributed by atoms with Crippen LogP contribution in [0.5, 0.6) is 11.5 Å². The Bertz CT molecular complexity index is 736. The summed E-state index contributed by atoms with van der Waals surface area (Å²) in [6.45, 7) is 6.71. The maximum absolute atomic E-state index is 12.0. The van der Waals surface area contributed by atoms with Gasteiger partial charge in [0.25, 0.3) is 0 Å². The van der Waals surface area contributed by atoms with Crippen LogP contribution in [0.25, 0.3) is 0 Å². The topological polar surface area (TPSA) is 72.5 Å². The molecule has 0 bridgehead atoms. The molecule has 0 saturated heterocycles. The van der Waals surface area contributed by atoms with Crippen molar-refractivity contribution < 1.29 is 14.3 Å². The van der Waals surface area contributed by atoms with E-state index in [0.717, 1.165) is 22.9 Å². The van der Waals surface area contributed by atoms with Gasteiger partial charge in [-0.05, 0) is 24.3 Å². The van der Waals surface area contributed by atoms with Crippen LogP contribution < -0.4 is 20.1 Å². The van der Waals surface area contributed by atoms with Crippen LogP contribution in [-0.2, 0) is 4.79 Å². The summed E-state index contributed by atoms with van der Waals surface area (Å²) >= 11 is 0. The monoisotopic (exact) mass is 327 g/mol. The largest absolute Gasteiger partial charge is 0.486 e. The number of carbonyl (C=O) groups excluding carboxylic acids is 1. The van der Waals surface area contributed by atoms with Gasteiger partial charge in [-0.15, -0.1) is 0 Å². The Labute approximate surface area is 141 Å². The molecule has 2 N–H and O–H groups in total. The van der Waals surface area contributed by atoms with Gasteiger partial charge < -0.3 is 20.1 Å². The molecule has 1 aromatic heterocycles. The molecule has 0 fully saturated rings. The molecule has 3 rings (SSSR count). The van der Waals surface area contributed by atoms with Crippen molar-refractivity contribution in [3.05, 3.63) is 36.5 Å². The molecule has 24 heavy (non-hydrogen) atoms. The number of carbonyl (C=O) groups is 1. The molecule has 1 aromatic carbocycles. The molecule has 1 aliphatic rings. The standard InChI is InChI=1S/C18H21N3O3/c1-18(2,3)17(22)21-16-7-5-13(11-19-16)20-12-4-6-14-15(10-12)24-9-8-23-14/h4-7,10-11,20H,8-9H2,1-3H3,(H,19,21,22). The highest BCUT2D eigenvalue weighted by molar-refractivity contribution is 5.93. The van der Waals surface area contributed by atoms with E-state index in [0.29, 0.717) is 19.0 Å². The van der Waals surface area contributed by atoms with Crippen molar-refractivity contribution in [2.24, 2.45) is 5.41 Å². The third-order valence-corrected chi connectivity index (χ3v) is 3.52. The first-order chi connectivity index (χ1) is 11.4. The summed E-state index contributed by atoms with van der Waals surface area (Å²) in [4.78, 5) is 16.2. The number of rotatable bonds is 3. The number of nitrogens with one attached hydrogen (secondary N) is 2. The van der Waals surface area contributed by atoms with Crippen molar-refractivity contribution in [2.45, 2.75) is 20.8 Å². The van der Waals surface area contributed by atoms with Gasteiger partial charge in [0.2, 0.25) is 5.91 Å². The van der Waals surface area contributed by atoms with E-state index in [-0.39, 0.29) is 5.91 Å². The van der Waals surface area contributed by atoms with Crippen LogP contribution in [-0.4, -0.2) is 24.1 Å². The summed E-state index contributed by atoms with van der Waals surface area (Å²) in [7, 11) is 0. The van der Waals surface area contributed by atoms with Gasteiger partial charge in [0, 0.05) is 17.2 Å². The van der Waals surface area contributed by atoms with Crippen LogP contribution in [0.1, 0.15) is 20.8 Å². The minimum atomic E-state index is -0.455. The normalized spacial score (nSPS) is 13.3. The summed E-state index contributed by atoms with van der Waals surface area (Å²) in [5.41, 5.74) is 1.25. The number of hydrogen-bond acceptors (Lipinski definition) is 5. The third kappa shape index (κ3) is 3.76. The van der Waals surface area contributed by atoms with E-state index in [1.54, 1.807) is 12.3 Å². The van der Waals surface area contributed by atoms with Gasteiger partial charge in [0.15, 0.2) is 11.5 Å². The first kappa shape index (κ1) is 16.1. The molecule has 0 unspecified atom stereocenters. The second-order valence-electron chi connectivity index (χ2n) is 6.62. The first-order valence-corrected chi connectivity index (χ1v) is 7.86. The highest BCUT2D eigenvalue weighted by Gasteiger charge is 2.21. The van der Waals surface area contributed by atoms with Crippen molar-refractivity contribution in [3.63, 3.8) is 0 Å². The highest BCUT2D eigenvalue weighted by atomic mass is 16.6. The molecule has 2 heterocycles. The highest BCUT2D eigenvalue weighted by Crippen LogP contribution is 2.33. The molecule has 0 aliphatic carbocycles. The lowest BCUT2D eigenvalue weighted by Gasteiger charge is -2.19. The van der Waals surface area contributed by atoms with Gasteiger partial charge in [-0.25, -0.2) is 4.98 Å². The van der Waals surface area contributed by atoms with Crippen LogP contribution in [0.4, 0.5) is 17.2 Å². The summed E-state index contributed by atoms with van der Waals surface area (Å²) in [6, 6.07) is 9.32. The molecule has 0 atom stereocenters. The van der Waals surface area contributed by atoms with Crippen LogP contribution in [0.15, 0.2) is 36.5 Å². The molecular formula is C18H21N3O3. The summed E-state index contributed by atoms with van der Waals surface area (Å²) in [5, 5.41) is 6.05. The predicted molar refractivity (Wildman–Crippen MR) is 93.0 cm³/mol. The van der Waals surface area contributed by atoms with E-state index in [2.05, 4.69) is 15.6 Å². The molecule has 0 spiro atoms. The van der Waals surface area contributed by atoms with E-state index in [1.807, 2.05) is 45.0 Å². The average molecular weight is 327 g/mol. The fraction of sp³-hybridized carbons (Fsp3) is 0.333. The maximum Gasteiger partial charge on any atom is 0.230 e. The minimum absolute atomic E-state index is 0.0671. The molecule has 0 radical (unpaired) electrons. The number of fused-ring (bicyclic) bond motifs is 1. The minimum Gasteiger partial charge on any atom is -0.486 e. The van der Waals surface area contributed by atoms with Crippen molar-refractivity contribution in [3.8, 4) is 11.5 Å². The number of benzene rings is 1. The van der Waals surface area contributed by atoms with Crippen molar-refractivity contribution >= 4 is 23.1 Å². The quantitative estimate of drug-likeness (QED) is 0.901. The Morgan fingerprint density at radius 2 is 1.75 bits per heavy atom. The average Bonchev–Trinajstić information content (AvgIpc) is 2.55. The molecule has 126 valence electrons. The van der Waals surface area contributed by atoms with Crippen LogP contribution in [0.3, 0.4) is 0 Å². The van der Waals surface area contributed by atoms with Gasteiger partial charge >= 0.3 is 0 Å². The molecule has 2 aromatic rings. The van der Waals surface area contributed by atoms with E-state index in [9.17, 15) is 4.79 Å². The second kappa shape index (κ2) is 6.39. The van der Waals surface area contributed by atoms with E-state index in [4.69, 9.17) is 9.47 Å². The zero-order valence-electron chi connectivity index (χ0n) is 14.1. The predicted octanol–water partition coefficient (Wildman–Crippen LogP) is 3.58. The molecule has 6 nitrogen and oxygen atoms in total. The SMILES string of the molecule is CC(C)(C)C(=O)Nc1ccc(Nc2ccc3c(c2)OCCO3)cn1. The summed E-state index contributed by atoms with van der Waals surface area (Å²) in [5.74, 6) is 1.95. The Morgan fingerprint density at radius 3 is 2.42 bits per heavy atom. The van der Waals surface area contributed by atoms with Crippen LogP contribution in [0.2, 0.25) is 0 Å². The molecule has 6 heteroatoms. The third-order valence-electron chi connectivity index (χ3n) is 3.52. The molecule has 1 amide bonds. The van der Waals surface area contributed by atoms with E-state index >= 15 is 0 Å². The lowest BCUT2D eigenvalue weighted by Crippen LogP contribution is -2.27. The van der Waals surface area contributed by atoms with Crippen molar-refractivity contribution in [1.82, 2.24) is 4.98 Å². The van der Waals surface area contributed by atoms with Gasteiger partial charge in [0.05, 0.1) is 11.9 Å². The Balaban J connectivity index is 1.67. The Morgan fingerprint density at radius 1 is 1.04 bits per heavy atom. The number of pyridine rings is 1. The van der Waals surface area contributed by atoms with Crippen LogP contribution in [0, 0.1) is 5.41 Å². The lowest BCUT2D eigenvalue weighted by molar-refractivity contribution is -0.123. The summed E-state index contributed by atoms with van der Waals surface area (Å²) < 4.78 is 11.1. The number of hydrogen-bond donors (Lipinski definition) is 2. The smallest absolute Gasteiger partial charge is 0.230 e. The van der Waals surface area contributed by atoms with Gasteiger partial charge in [-0.2, -0.15) is 0 Å². The molecular weight excluding hydrogens is 306 g/mol. The molecule has 1 aliphatic heterocycles. The zero-order chi connectivity index (χ0) is 17.2. The first-order valence-electron chi connectivity index (χ1n) is 7.86. The number of anilines is 3.